The van der Waals surface area contributed by atoms with Gasteiger partial charge in [-0.2, -0.15) is 26.3 Å². The Balaban J connectivity index is 1.27. The van der Waals surface area contributed by atoms with Gasteiger partial charge in [-0.3, -0.25) is 29.7 Å². The van der Waals surface area contributed by atoms with Crippen molar-refractivity contribution in [2.75, 3.05) is 52.4 Å². The van der Waals surface area contributed by atoms with Crippen LogP contribution in [0.4, 0.5) is 26.3 Å². The molecule has 5 rings (SSSR count). The summed E-state index contributed by atoms with van der Waals surface area (Å²) in [5, 5.41) is 11.3. The summed E-state index contributed by atoms with van der Waals surface area (Å²) in [6.45, 7) is 8.16. The lowest BCUT2D eigenvalue weighted by Crippen LogP contribution is -2.58. The topological polar surface area (TPSA) is 85.5 Å². The molecule has 2 aromatic rings. The number of piperidine rings is 1. The van der Waals surface area contributed by atoms with Gasteiger partial charge in [-0.15, -0.1) is 0 Å². The average Bonchev–Trinajstić information content (AvgIpc) is 3.54. The number of piperazine rings is 1. The summed E-state index contributed by atoms with van der Waals surface area (Å²) in [5.74, 6) is -0.337. The number of alkyl halides is 6. The molecule has 15 heteroatoms. The Hall–Kier alpha value is -3.72. The molecule has 0 saturated carbocycles. The molecular formula is C34H42F6N6O3. The van der Waals surface area contributed by atoms with Crippen LogP contribution in [0.25, 0.3) is 0 Å². The normalized spacial score (nSPS) is 23.4. The molecule has 0 N–H and O–H groups in total. The van der Waals surface area contributed by atoms with Gasteiger partial charge in [0.2, 0.25) is 0 Å². The summed E-state index contributed by atoms with van der Waals surface area (Å²) in [5.41, 5.74) is -2.73. The van der Waals surface area contributed by atoms with E-state index in [1.54, 1.807) is 0 Å². The minimum Gasteiger partial charge on any atom is -0.353 e. The Labute approximate surface area is 281 Å². The molecule has 3 fully saturated rings. The number of rotatable bonds is 8. The fraction of sp³-hybridized carbons (Fsp3) is 0.588. The van der Waals surface area contributed by atoms with Crippen molar-refractivity contribution in [2.24, 2.45) is 4.99 Å². The molecule has 3 atom stereocenters. The zero-order valence-corrected chi connectivity index (χ0v) is 27.6. The highest BCUT2D eigenvalue weighted by molar-refractivity contribution is 5.95. The summed E-state index contributed by atoms with van der Waals surface area (Å²) in [6.07, 6.45) is -7.75. The summed E-state index contributed by atoms with van der Waals surface area (Å²) < 4.78 is 81.6. The van der Waals surface area contributed by atoms with E-state index in [1.165, 1.54) is 4.90 Å². The largest absolute Gasteiger partial charge is 0.416 e. The lowest BCUT2D eigenvalue weighted by molar-refractivity contribution is -0.464. The second-order valence-electron chi connectivity index (χ2n) is 13.4. The zero-order valence-electron chi connectivity index (χ0n) is 27.6. The Kier molecular flexibility index (Phi) is 11.2. The number of carbonyl (C=O) groups excluding carboxylic acids is 1. The standard InChI is InChI=1S/C34H42F6N6O3/c1-23(2)41-31(22-46(48)49)44-10-8-29(21-44)43-14-12-42(13-15-43)28-9-11-45(30(20-28)16-24-6-4-3-5-7-24)32(47)25-17-26(33(35,36)37)19-27(18-25)34(38,39)40/h3-7,17-19,23,28-30H,8-16,20-22H2,1-2H3. The monoisotopic (exact) mass is 696 g/mol. The summed E-state index contributed by atoms with van der Waals surface area (Å²) >= 11 is 0. The number of amides is 1. The predicted molar refractivity (Wildman–Crippen MR) is 172 cm³/mol. The second kappa shape index (κ2) is 15.0. The molecule has 0 aromatic heterocycles. The Bertz CT molecular complexity index is 1460. The maximum atomic E-state index is 13.7. The molecule has 3 unspecified atom stereocenters. The quantitative estimate of drug-likeness (QED) is 0.116. The van der Waals surface area contributed by atoms with Gasteiger partial charge in [0.15, 0.2) is 5.84 Å². The number of nitrogens with zero attached hydrogens (tertiary/aromatic N) is 6. The van der Waals surface area contributed by atoms with Gasteiger partial charge in [0.25, 0.3) is 12.5 Å². The van der Waals surface area contributed by atoms with Crippen LogP contribution in [0.5, 0.6) is 0 Å². The first-order valence-electron chi connectivity index (χ1n) is 16.6. The number of amidine groups is 1. The van der Waals surface area contributed by atoms with Crippen LogP contribution in [0.15, 0.2) is 53.5 Å². The molecule has 2 aromatic carbocycles. The lowest BCUT2D eigenvalue weighted by Gasteiger charge is -2.47. The summed E-state index contributed by atoms with van der Waals surface area (Å²) in [4.78, 5) is 37.4. The zero-order chi connectivity index (χ0) is 35.5. The average molecular weight is 697 g/mol. The molecule has 3 aliphatic heterocycles. The van der Waals surface area contributed by atoms with Crippen molar-refractivity contribution in [3.63, 3.8) is 0 Å². The molecule has 3 heterocycles. The minimum atomic E-state index is -5.05. The number of hydrogen-bond acceptors (Lipinski definition) is 6. The molecule has 3 aliphatic rings. The van der Waals surface area contributed by atoms with E-state index in [0.29, 0.717) is 50.3 Å². The number of nitro groups is 1. The van der Waals surface area contributed by atoms with E-state index < -0.39 is 41.0 Å². The van der Waals surface area contributed by atoms with Gasteiger partial charge in [-0.05, 0) is 63.3 Å². The van der Waals surface area contributed by atoms with Gasteiger partial charge >= 0.3 is 12.4 Å². The van der Waals surface area contributed by atoms with E-state index in [0.717, 1.165) is 38.2 Å². The van der Waals surface area contributed by atoms with Crippen LogP contribution in [0.3, 0.4) is 0 Å². The Morgan fingerprint density at radius 3 is 2.00 bits per heavy atom. The molecule has 0 bridgehead atoms. The van der Waals surface area contributed by atoms with Gasteiger partial charge in [0.1, 0.15) is 0 Å². The molecule has 3 saturated heterocycles. The van der Waals surface area contributed by atoms with Crippen molar-refractivity contribution in [1.82, 2.24) is 19.6 Å². The van der Waals surface area contributed by atoms with E-state index >= 15 is 0 Å². The molecule has 0 aliphatic carbocycles. The number of likely N-dealkylation sites (tertiary alicyclic amines) is 2. The smallest absolute Gasteiger partial charge is 0.353 e. The molecule has 0 spiro atoms. The SMILES string of the molecule is CC(C)N=C(C[N+](=O)[O-])N1CCC(N2CCN(C3CCN(C(=O)c4cc(C(F)(F)F)cc(C(F)(F)F)c4)C(Cc4ccccc4)C3)CC2)C1. The van der Waals surface area contributed by atoms with Crippen LogP contribution < -0.4 is 0 Å². The number of carbonyl (C=O) groups is 1. The molecule has 0 radical (unpaired) electrons. The maximum absolute atomic E-state index is 13.7. The molecule has 9 nitrogen and oxygen atoms in total. The van der Waals surface area contributed by atoms with Crippen molar-refractivity contribution in [3.05, 3.63) is 80.9 Å². The first-order chi connectivity index (χ1) is 23.1. The summed E-state index contributed by atoms with van der Waals surface area (Å²) in [7, 11) is 0. The van der Waals surface area contributed by atoms with E-state index in [2.05, 4.69) is 14.8 Å². The number of benzene rings is 2. The second-order valence-corrected chi connectivity index (χ2v) is 13.4. The maximum Gasteiger partial charge on any atom is 0.416 e. The molecule has 268 valence electrons. The first kappa shape index (κ1) is 36.6. The van der Waals surface area contributed by atoms with Crippen LogP contribution in [0, 0.1) is 10.1 Å². The van der Waals surface area contributed by atoms with Gasteiger partial charge in [-0.25, -0.2) is 0 Å². The third kappa shape index (κ3) is 9.30. The van der Waals surface area contributed by atoms with E-state index in [9.17, 15) is 41.3 Å². The van der Waals surface area contributed by atoms with Crippen molar-refractivity contribution >= 4 is 11.7 Å². The highest BCUT2D eigenvalue weighted by Crippen LogP contribution is 2.37. The number of hydrogen-bond donors (Lipinski definition) is 0. The van der Waals surface area contributed by atoms with Crippen LogP contribution in [0.1, 0.15) is 60.2 Å². The molecular weight excluding hydrogens is 654 g/mol. The third-order valence-electron chi connectivity index (χ3n) is 9.69. The van der Waals surface area contributed by atoms with Crippen molar-refractivity contribution in [3.8, 4) is 0 Å². The lowest BCUT2D eigenvalue weighted by atomic mass is 9.90. The number of aliphatic imine (C=N–C) groups is 1. The van der Waals surface area contributed by atoms with Crippen molar-refractivity contribution < 1.29 is 36.1 Å². The number of halogens is 6. The van der Waals surface area contributed by atoms with Gasteiger partial charge in [-0.1, -0.05) is 30.3 Å². The third-order valence-corrected chi connectivity index (χ3v) is 9.69. The molecule has 1 amide bonds. The van der Waals surface area contributed by atoms with Gasteiger partial charge < -0.3 is 9.80 Å². The highest BCUT2D eigenvalue weighted by Gasteiger charge is 2.41. The highest BCUT2D eigenvalue weighted by atomic mass is 19.4. The minimum absolute atomic E-state index is 0.0397. The van der Waals surface area contributed by atoms with Crippen LogP contribution in [0.2, 0.25) is 0 Å². The Morgan fingerprint density at radius 2 is 1.45 bits per heavy atom. The van der Waals surface area contributed by atoms with E-state index in [1.807, 2.05) is 49.1 Å². The van der Waals surface area contributed by atoms with Crippen LogP contribution in [-0.2, 0) is 18.8 Å². The fourth-order valence-electron chi connectivity index (χ4n) is 7.33. The van der Waals surface area contributed by atoms with E-state index in [-0.39, 0.29) is 42.2 Å². The first-order valence-corrected chi connectivity index (χ1v) is 16.6. The van der Waals surface area contributed by atoms with Gasteiger partial charge in [0.05, 0.1) is 11.1 Å². The van der Waals surface area contributed by atoms with Gasteiger partial charge in [0, 0.05) is 80.5 Å². The molecule has 49 heavy (non-hydrogen) atoms. The fourth-order valence-corrected chi connectivity index (χ4v) is 7.33. The summed E-state index contributed by atoms with van der Waals surface area (Å²) in [6, 6.07) is 10.2. The van der Waals surface area contributed by atoms with Crippen molar-refractivity contribution in [2.45, 2.75) is 76.1 Å². The predicted octanol–water partition coefficient (Wildman–Crippen LogP) is 5.72. The Morgan fingerprint density at radius 1 is 0.878 bits per heavy atom. The van der Waals surface area contributed by atoms with Crippen LogP contribution in [-0.4, -0.2) is 113 Å². The van der Waals surface area contributed by atoms with Crippen molar-refractivity contribution in [1.29, 1.82) is 0 Å². The van der Waals surface area contributed by atoms with Crippen LogP contribution >= 0.6 is 0 Å². The van der Waals surface area contributed by atoms with E-state index in [4.69, 9.17) is 0 Å².